The molecule has 0 radical (unpaired) electrons. The maximum absolute atomic E-state index is 12.7. The molecule has 2 fully saturated rings. The van der Waals surface area contributed by atoms with Crippen molar-refractivity contribution >= 4 is 5.91 Å². The normalized spacial score (nSPS) is 33.5. The highest BCUT2D eigenvalue weighted by molar-refractivity contribution is 5.80. The summed E-state index contributed by atoms with van der Waals surface area (Å²) in [6.07, 6.45) is 4.79. The lowest BCUT2D eigenvalue weighted by atomic mass is 9.68. The van der Waals surface area contributed by atoms with E-state index >= 15 is 0 Å². The van der Waals surface area contributed by atoms with E-state index in [4.69, 9.17) is 0 Å². The Kier molecular flexibility index (Phi) is 3.76. The fourth-order valence-electron chi connectivity index (χ4n) is 3.32. The molecule has 0 bridgehead atoms. The van der Waals surface area contributed by atoms with Gasteiger partial charge < -0.3 is 10.2 Å². The maximum atomic E-state index is 12.7. The Balaban J connectivity index is 2.07. The van der Waals surface area contributed by atoms with E-state index in [1.165, 1.54) is 19.3 Å². The smallest absolute Gasteiger partial charge is 0.226 e. The summed E-state index contributed by atoms with van der Waals surface area (Å²) in [7, 11) is 0. The van der Waals surface area contributed by atoms with E-state index in [0.717, 1.165) is 26.1 Å². The molecule has 1 N–H and O–H groups in total. The van der Waals surface area contributed by atoms with E-state index in [2.05, 4.69) is 31.0 Å². The van der Waals surface area contributed by atoms with Crippen molar-refractivity contribution in [3.63, 3.8) is 0 Å². The van der Waals surface area contributed by atoms with Gasteiger partial charge in [0.05, 0.1) is 0 Å². The van der Waals surface area contributed by atoms with Gasteiger partial charge in [-0.25, -0.2) is 0 Å². The molecule has 1 heterocycles. The standard InChI is InChI=1S/C14H26N2O/c1-11-10-15-8-9-16(11)13(17)12-6-4-5-7-14(12,2)3/h11-12,15H,4-10H2,1-3H3/t11-,12?/m0/s1. The van der Waals surface area contributed by atoms with Gasteiger partial charge in [-0.2, -0.15) is 0 Å². The highest BCUT2D eigenvalue weighted by Gasteiger charge is 2.40. The zero-order chi connectivity index (χ0) is 12.5. The Morgan fingerprint density at radius 2 is 2.12 bits per heavy atom. The monoisotopic (exact) mass is 238 g/mol. The summed E-state index contributed by atoms with van der Waals surface area (Å²) >= 11 is 0. The van der Waals surface area contributed by atoms with Crippen LogP contribution in [0.25, 0.3) is 0 Å². The summed E-state index contributed by atoms with van der Waals surface area (Å²) in [5.41, 5.74) is 0.194. The third kappa shape index (κ3) is 2.65. The van der Waals surface area contributed by atoms with Gasteiger partial charge in [-0.05, 0) is 25.2 Å². The van der Waals surface area contributed by atoms with Gasteiger partial charge in [0, 0.05) is 31.6 Å². The van der Waals surface area contributed by atoms with Crippen molar-refractivity contribution in [3.05, 3.63) is 0 Å². The first kappa shape index (κ1) is 12.9. The van der Waals surface area contributed by atoms with Crippen LogP contribution < -0.4 is 5.32 Å². The van der Waals surface area contributed by atoms with E-state index in [1.807, 2.05) is 0 Å². The van der Waals surface area contributed by atoms with Crippen molar-refractivity contribution in [2.75, 3.05) is 19.6 Å². The number of nitrogens with one attached hydrogen (secondary N) is 1. The van der Waals surface area contributed by atoms with Crippen molar-refractivity contribution in [1.82, 2.24) is 10.2 Å². The molecular weight excluding hydrogens is 212 g/mol. The predicted octanol–water partition coefficient (Wildman–Crippen LogP) is 2.02. The Labute approximate surface area is 105 Å². The molecule has 98 valence electrons. The van der Waals surface area contributed by atoms with Crippen LogP contribution in [0.2, 0.25) is 0 Å². The Morgan fingerprint density at radius 3 is 2.76 bits per heavy atom. The lowest BCUT2D eigenvalue weighted by molar-refractivity contribution is -0.144. The highest BCUT2D eigenvalue weighted by atomic mass is 16.2. The van der Waals surface area contributed by atoms with E-state index in [-0.39, 0.29) is 11.3 Å². The summed E-state index contributed by atoms with van der Waals surface area (Å²) in [5, 5.41) is 3.35. The number of amides is 1. The van der Waals surface area contributed by atoms with Crippen molar-refractivity contribution < 1.29 is 4.79 Å². The minimum atomic E-state index is 0.194. The van der Waals surface area contributed by atoms with Crippen LogP contribution in [0.5, 0.6) is 0 Å². The molecule has 2 rings (SSSR count). The molecule has 1 aliphatic carbocycles. The van der Waals surface area contributed by atoms with Crippen molar-refractivity contribution in [3.8, 4) is 0 Å². The number of hydrogen-bond donors (Lipinski definition) is 1. The van der Waals surface area contributed by atoms with E-state index in [1.54, 1.807) is 0 Å². The molecule has 17 heavy (non-hydrogen) atoms. The van der Waals surface area contributed by atoms with Crippen molar-refractivity contribution in [2.24, 2.45) is 11.3 Å². The van der Waals surface area contributed by atoms with Gasteiger partial charge in [0.25, 0.3) is 0 Å². The fourth-order valence-corrected chi connectivity index (χ4v) is 3.32. The Hall–Kier alpha value is -0.570. The summed E-state index contributed by atoms with van der Waals surface area (Å²) < 4.78 is 0. The van der Waals surface area contributed by atoms with Crippen LogP contribution in [-0.4, -0.2) is 36.5 Å². The number of rotatable bonds is 1. The second-order valence-corrected chi connectivity index (χ2v) is 6.37. The molecule has 2 aliphatic rings. The molecule has 1 saturated carbocycles. The minimum absolute atomic E-state index is 0.194. The number of nitrogens with zero attached hydrogens (tertiary/aromatic N) is 1. The largest absolute Gasteiger partial charge is 0.337 e. The Bertz CT molecular complexity index is 288. The average Bonchev–Trinajstić information content (AvgIpc) is 2.28. The third-order valence-electron chi connectivity index (χ3n) is 4.59. The molecule has 2 atom stereocenters. The zero-order valence-electron chi connectivity index (χ0n) is 11.5. The van der Waals surface area contributed by atoms with Crippen molar-refractivity contribution in [2.45, 2.75) is 52.5 Å². The first-order valence-electron chi connectivity index (χ1n) is 7.03. The van der Waals surface area contributed by atoms with Crippen LogP contribution in [0, 0.1) is 11.3 Å². The zero-order valence-corrected chi connectivity index (χ0v) is 11.5. The first-order chi connectivity index (χ1) is 8.02. The van der Waals surface area contributed by atoms with Crippen LogP contribution >= 0.6 is 0 Å². The van der Waals surface area contributed by atoms with Gasteiger partial charge in [-0.15, -0.1) is 0 Å². The lowest BCUT2D eigenvalue weighted by Crippen LogP contribution is -2.55. The molecule has 0 aromatic carbocycles. The second kappa shape index (κ2) is 4.97. The number of carbonyl (C=O) groups excluding carboxylic acids is 1. The van der Waals surface area contributed by atoms with E-state index in [9.17, 15) is 4.79 Å². The van der Waals surface area contributed by atoms with Crippen LogP contribution in [0.4, 0.5) is 0 Å². The average molecular weight is 238 g/mol. The van der Waals surface area contributed by atoms with Crippen LogP contribution in [0.3, 0.4) is 0 Å². The van der Waals surface area contributed by atoms with Gasteiger partial charge in [0.15, 0.2) is 0 Å². The van der Waals surface area contributed by atoms with Crippen LogP contribution in [0.15, 0.2) is 0 Å². The molecule has 3 heteroatoms. The Morgan fingerprint density at radius 1 is 1.35 bits per heavy atom. The molecule has 1 saturated heterocycles. The topological polar surface area (TPSA) is 32.3 Å². The van der Waals surface area contributed by atoms with E-state index < -0.39 is 0 Å². The second-order valence-electron chi connectivity index (χ2n) is 6.37. The molecular formula is C14H26N2O. The third-order valence-corrected chi connectivity index (χ3v) is 4.59. The highest BCUT2D eigenvalue weighted by Crippen LogP contribution is 2.41. The predicted molar refractivity (Wildman–Crippen MR) is 69.8 cm³/mol. The molecule has 1 amide bonds. The SMILES string of the molecule is C[C@H]1CNCCN1C(=O)C1CCCCC1(C)C. The molecule has 1 aliphatic heterocycles. The molecule has 0 aromatic rings. The lowest BCUT2D eigenvalue weighted by Gasteiger charge is -2.43. The van der Waals surface area contributed by atoms with Gasteiger partial charge in [-0.1, -0.05) is 26.7 Å². The van der Waals surface area contributed by atoms with Gasteiger partial charge in [-0.3, -0.25) is 4.79 Å². The molecule has 0 aromatic heterocycles. The van der Waals surface area contributed by atoms with Crippen LogP contribution in [-0.2, 0) is 4.79 Å². The number of carbonyl (C=O) groups is 1. The van der Waals surface area contributed by atoms with Crippen LogP contribution in [0.1, 0.15) is 46.5 Å². The fraction of sp³-hybridized carbons (Fsp3) is 0.929. The van der Waals surface area contributed by atoms with Crippen molar-refractivity contribution in [1.29, 1.82) is 0 Å². The molecule has 3 nitrogen and oxygen atoms in total. The number of hydrogen-bond acceptors (Lipinski definition) is 2. The van der Waals surface area contributed by atoms with E-state index in [0.29, 0.717) is 11.9 Å². The quantitative estimate of drug-likeness (QED) is 0.758. The maximum Gasteiger partial charge on any atom is 0.226 e. The summed E-state index contributed by atoms with van der Waals surface area (Å²) in [6, 6.07) is 0.356. The minimum Gasteiger partial charge on any atom is -0.337 e. The van der Waals surface area contributed by atoms with Gasteiger partial charge >= 0.3 is 0 Å². The van der Waals surface area contributed by atoms with Gasteiger partial charge in [0.2, 0.25) is 5.91 Å². The number of piperazine rings is 1. The molecule has 0 spiro atoms. The first-order valence-corrected chi connectivity index (χ1v) is 7.03. The summed E-state index contributed by atoms with van der Waals surface area (Å²) in [5.74, 6) is 0.653. The summed E-state index contributed by atoms with van der Waals surface area (Å²) in [4.78, 5) is 14.8. The molecule has 1 unspecified atom stereocenters. The van der Waals surface area contributed by atoms with Gasteiger partial charge in [0.1, 0.15) is 0 Å². The summed E-state index contributed by atoms with van der Waals surface area (Å²) in [6.45, 7) is 9.46.